The van der Waals surface area contributed by atoms with Crippen molar-refractivity contribution in [3.63, 3.8) is 0 Å². The number of likely N-dealkylation sites (N-methyl/N-ethyl adjacent to an activating group) is 1. The number of allylic oxidation sites excluding steroid dienone is 1. The topological polar surface area (TPSA) is 53.6 Å². The van der Waals surface area contributed by atoms with Crippen molar-refractivity contribution in [1.29, 1.82) is 0 Å². The molecule has 0 bridgehead atoms. The summed E-state index contributed by atoms with van der Waals surface area (Å²) in [5.74, 6) is 0. The highest BCUT2D eigenvalue weighted by Crippen LogP contribution is 2.28. The summed E-state index contributed by atoms with van der Waals surface area (Å²) in [6.07, 6.45) is 9.17. The Bertz CT molecular complexity index is 315. The molecule has 0 saturated heterocycles. The molecule has 0 saturated carbocycles. The number of hydrogen-bond acceptors (Lipinski definition) is 3. The maximum atomic E-state index is 4.17. The highest BCUT2D eigenvalue weighted by molar-refractivity contribution is 5.21. The fourth-order valence-electron chi connectivity index (χ4n) is 2.10. The lowest BCUT2D eigenvalue weighted by Gasteiger charge is -2.22. The molecular weight excluding hydrogens is 188 g/mol. The highest BCUT2D eigenvalue weighted by atomic mass is 15.3. The number of hydrogen-bond donors (Lipinski definition) is 2. The van der Waals surface area contributed by atoms with Crippen LogP contribution < -0.4 is 5.32 Å². The molecule has 2 N–H and O–H groups in total. The van der Waals surface area contributed by atoms with Crippen LogP contribution in [0, 0.1) is 0 Å². The molecule has 1 unspecified atom stereocenters. The predicted octanol–water partition coefficient (Wildman–Crippen LogP) is 1.96. The van der Waals surface area contributed by atoms with Crippen LogP contribution in [0.1, 0.15) is 44.3 Å². The summed E-state index contributed by atoms with van der Waals surface area (Å²) in [7, 11) is 0. The molecule has 2 rings (SSSR count). The van der Waals surface area contributed by atoms with E-state index in [9.17, 15) is 0 Å². The molecule has 0 aromatic carbocycles. The van der Waals surface area contributed by atoms with E-state index in [-0.39, 0.29) is 6.04 Å². The lowest BCUT2D eigenvalue weighted by molar-refractivity contribution is 0.553. The van der Waals surface area contributed by atoms with Crippen molar-refractivity contribution < 1.29 is 0 Å². The Morgan fingerprint density at radius 2 is 2.47 bits per heavy atom. The predicted molar refractivity (Wildman–Crippen MR) is 59.4 cm³/mol. The van der Waals surface area contributed by atoms with Gasteiger partial charge in [-0.1, -0.05) is 18.6 Å². The first-order valence-electron chi connectivity index (χ1n) is 5.69. The van der Waals surface area contributed by atoms with Gasteiger partial charge in [-0.25, -0.2) is 0 Å². The monoisotopic (exact) mass is 206 g/mol. The quantitative estimate of drug-likeness (QED) is 0.740. The summed E-state index contributed by atoms with van der Waals surface area (Å²) < 4.78 is 0. The first-order valence-corrected chi connectivity index (χ1v) is 5.69. The van der Waals surface area contributed by atoms with E-state index < -0.39 is 0 Å². The van der Waals surface area contributed by atoms with Crippen LogP contribution in [0.5, 0.6) is 0 Å². The van der Waals surface area contributed by atoms with Crippen molar-refractivity contribution in [2.45, 2.75) is 38.6 Å². The Balaban J connectivity index is 2.15. The van der Waals surface area contributed by atoms with Gasteiger partial charge in [-0.15, -0.1) is 0 Å². The van der Waals surface area contributed by atoms with Gasteiger partial charge in [-0.3, -0.25) is 0 Å². The second-order valence-electron chi connectivity index (χ2n) is 3.91. The largest absolute Gasteiger partial charge is 0.305 e. The fraction of sp³-hybridized carbons (Fsp3) is 0.636. The van der Waals surface area contributed by atoms with Crippen LogP contribution in [-0.2, 0) is 0 Å². The van der Waals surface area contributed by atoms with Crippen molar-refractivity contribution in [3.05, 3.63) is 23.5 Å². The van der Waals surface area contributed by atoms with Gasteiger partial charge >= 0.3 is 0 Å². The Morgan fingerprint density at radius 1 is 1.53 bits per heavy atom. The van der Waals surface area contributed by atoms with Gasteiger partial charge in [-0.2, -0.15) is 15.4 Å². The standard InChI is InChI=1S/C11H18N4/c1-2-12-11(10-8-13-15-14-10)9-6-4-3-5-7-9/h6,8,11-12H,2-5,7H2,1H3,(H,13,14,15). The molecule has 1 aliphatic carbocycles. The molecule has 1 atom stereocenters. The Morgan fingerprint density at radius 3 is 3.07 bits per heavy atom. The van der Waals surface area contributed by atoms with E-state index in [1.165, 1.54) is 31.3 Å². The van der Waals surface area contributed by atoms with Gasteiger partial charge in [0.15, 0.2) is 0 Å². The molecule has 0 amide bonds. The Kier molecular flexibility index (Phi) is 3.50. The van der Waals surface area contributed by atoms with Crippen molar-refractivity contribution in [2.24, 2.45) is 0 Å². The second-order valence-corrected chi connectivity index (χ2v) is 3.91. The molecular formula is C11H18N4. The second kappa shape index (κ2) is 5.07. The fourth-order valence-corrected chi connectivity index (χ4v) is 2.10. The van der Waals surface area contributed by atoms with E-state index in [0.29, 0.717) is 0 Å². The average molecular weight is 206 g/mol. The van der Waals surface area contributed by atoms with Gasteiger partial charge in [0, 0.05) is 0 Å². The number of aromatic nitrogens is 3. The number of H-pyrrole nitrogens is 1. The lowest BCUT2D eigenvalue weighted by atomic mass is 9.92. The third-order valence-corrected chi connectivity index (χ3v) is 2.83. The number of nitrogens with one attached hydrogen (secondary N) is 2. The first-order chi connectivity index (χ1) is 7.42. The van der Waals surface area contributed by atoms with E-state index in [1.54, 1.807) is 0 Å². The van der Waals surface area contributed by atoms with E-state index in [0.717, 1.165) is 12.2 Å². The zero-order valence-corrected chi connectivity index (χ0v) is 9.16. The Labute approximate surface area is 90.2 Å². The minimum atomic E-state index is 0.258. The average Bonchev–Trinajstić information content (AvgIpc) is 2.80. The van der Waals surface area contributed by atoms with Crippen molar-refractivity contribution >= 4 is 0 Å². The van der Waals surface area contributed by atoms with Crippen molar-refractivity contribution in [3.8, 4) is 0 Å². The maximum absolute atomic E-state index is 4.17. The van der Waals surface area contributed by atoms with Gasteiger partial charge in [0.05, 0.1) is 12.2 Å². The van der Waals surface area contributed by atoms with Crippen LogP contribution in [0.4, 0.5) is 0 Å². The zero-order chi connectivity index (χ0) is 10.5. The summed E-state index contributed by atoms with van der Waals surface area (Å²) in [5.41, 5.74) is 2.47. The first kappa shape index (κ1) is 10.4. The molecule has 4 nitrogen and oxygen atoms in total. The van der Waals surface area contributed by atoms with E-state index in [4.69, 9.17) is 0 Å². The smallest absolute Gasteiger partial charge is 0.104 e. The molecule has 1 aliphatic rings. The number of aromatic amines is 1. The highest BCUT2D eigenvalue weighted by Gasteiger charge is 2.19. The van der Waals surface area contributed by atoms with Crippen molar-refractivity contribution in [1.82, 2.24) is 20.7 Å². The number of nitrogens with zero attached hydrogens (tertiary/aromatic N) is 2. The molecule has 4 heteroatoms. The van der Waals surface area contributed by atoms with Gasteiger partial charge in [0.2, 0.25) is 0 Å². The van der Waals surface area contributed by atoms with Crippen molar-refractivity contribution in [2.75, 3.05) is 6.54 Å². The third-order valence-electron chi connectivity index (χ3n) is 2.83. The van der Waals surface area contributed by atoms with Crippen LogP contribution in [0.15, 0.2) is 17.8 Å². The van der Waals surface area contributed by atoms with Crippen LogP contribution in [0.2, 0.25) is 0 Å². The van der Waals surface area contributed by atoms with Gasteiger partial charge in [0.25, 0.3) is 0 Å². The van der Waals surface area contributed by atoms with Crippen LogP contribution >= 0.6 is 0 Å². The lowest BCUT2D eigenvalue weighted by Crippen LogP contribution is -2.24. The normalized spacial score (nSPS) is 18.6. The minimum absolute atomic E-state index is 0.258. The minimum Gasteiger partial charge on any atom is -0.305 e. The third kappa shape index (κ3) is 2.45. The van der Waals surface area contributed by atoms with Crippen LogP contribution in [0.3, 0.4) is 0 Å². The molecule has 82 valence electrons. The Hall–Kier alpha value is -1.16. The SMILES string of the molecule is CCNC(C1=CCCCC1)c1cn[nH]n1. The molecule has 0 aliphatic heterocycles. The molecule has 0 radical (unpaired) electrons. The van der Waals surface area contributed by atoms with E-state index >= 15 is 0 Å². The van der Waals surface area contributed by atoms with Crippen LogP contribution in [-0.4, -0.2) is 22.0 Å². The van der Waals surface area contributed by atoms with E-state index in [1.807, 2.05) is 6.20 Å². The summed E-state index contributed by atoms with van der Waals surface area (Å²) >= 11 is 0. The molecule has 0 spiro atoms. The summed E-state index contributed by atoms with van der Waals surface area (Å²) in [6, 6.07) is 0.258. The molecule has 1 aromatic rings. The van der Waals surface area contributed by atoms with Crippen LogP contribution in [0.25, 0.3) is 0 Å². The summed E-state index contributed by atoms with van der Waals surface area (Å²) in [4.78, 5) is 0. The number of rotatable bonds is 4. The molecule has 0 fully saturated rings. The van der Waals surface area contributed by atoms with Gasteiger partial charge in [0.1, 0.15) is 5.69 Å². The molecule has 1 heterocycles. The summed E-state index contributed by atoms with van der Waals surface area (Å²) in [6.45, 7) is 3.07. The maximum Gasteiger partial charge on any atom is 0.104 e. The van der Waals surface area contributed by atoms with Gasteiger partial charge < -0.3 is 5.32 Å². The van der Waals surface area contributed by atoms with E-state index in [2.05, 4.69) is 33.7 Å². The molecule has 1 aromatic heterocycles. The van der Waals surface area contributed by atoms with Gasteiger partial charge in [-0.05, 0) is 32.2 Å². The zero-order valence-electron chi connectivity index (χ0n) is 9.16. The molecule has 15 heavy (non-hydrogen) atoms. The summed E-state index contributed by atoms with van der Waals surface area (Å²) in [5, 5.41) is 14.2.